The number of benzene rings is 4. The Morgan fingerprint density at radius 3 is 1.03 bits per heavy atom. The highest BCUT2D eigenvalue weighted by Gasteiger charge is 2.34. The van der Waals surface area contributed by atoms with Crippen molar-refractivity contribution in [3.63, 3.8) is 0 Å². The molecule has 12 aromatic rings. The average molecular weight is 2120 g/mol. The molecule has 8 aromatic heterocycles. The number of nitrogens with zero attached hydrogens (tertiary/aromatic N) is 13. The van der Waals surface area contributed by atoms with Gasteiger partial charge in [0, 0.05) is 28.4 Å². The summed E-state index contributed by atoms with van der Waals surface area (Å²) in [5.41, 5.74) is 34.4. The van der Waals surface area contributed by atoms with E-state index in [1.807, 2.05) is 77.4 Å². The smallest absolute Gasteiger partial charge is 0.335 e. The van der Waals surface area contributed by atoms with Crippen LogP contribution in [0.3, 0.4) is 0 Å². The van der Waals surface area contributed by atoms with Crippen molar-refractivity contribution in [2.45, 2.75) is 167 Å². The first-order valence-corrected chi connectivity index (χ1v) is 51.1. The molecule has 8 heterocycles. The van der Waals surface area contributed by atoms with Gasteiger partial charge in [-0.3, -0.25) is 46.1 Å². The zero-order valence-electron chi connectivity index (χ0n) is 76.1. The molecule has 12 rings (SSSR count). The van der Waals surface area contributed by atoms with Crippen LogP contribution >= 0.6 is 82.8 Å². The van der Waals surface area contributed by atoms with Gasteiger partial charge in [0.05, 0.1) is 109 Å². The van der Waals surface area contributed by atoms with Gasteiger partial charge in [0.2, 0.25) is 7.44 Å². The van der Waals surface area contributed by atoms with Crippen molar-refractivity contribution in [1.82, 2.24) is 88.3 Å². The van der Waals surface area contributed by atoms with Gasteiger partial charge in [0.15, 0.2) is 70.4 Å². The zero-order valence-corrected chi connectivity index (χ0v) is 83.7. The second-order valence-electron chi connectivity index (χ2n) is 30.2. The summed E-state index contributed by atoms with van der Waals surface area (Å²) in [6, 6.07) is 28.1. The van der Waals surface area contributed by atoms with Crippen molar-refractivity contribution in [3.05, 3.63) is 161 Å². The van der Waals surface area contributed by atoms with Crippen LogP contribution in [-0.2, 0) is 121 Å². The van der Waals surface area contributed by atoms with E-state index in [0.717, 1.165) is 27.8 Å². The maximum Gasteiger partial charge on any atom is 0.335 e. The van der Waals surface area contributed by atoms with Gasteiger partial charge in [-0.25, -0.2) is 15.2 Å². The van der Waals surface area contributed by atoms with Crippen molar-refractivity contribution in [3.8, 4) is 24.0 Å². The normalized spacial score (nSPS) is 12.3. The predicted octanol–water partition coefficient (Wildman–Crippen LogP) is 14.9. The molecule has 16 N–H and O–H groups in total. The first-order valence-electron chi connectivity index (χ1n) is 41.9. The largest absolute Gasteiger partial charge is 0.462 e. The Hall–Kier alpha value is -10.0. The molecular weight excluding hydrogens is 1990 g/mol. The molecule has 0 aliphatic heterocycles. The van der Waals surface area contributed by atoms with Crippen LogP contribution in [0.15, 0.2) is 102 Å². The van der Waals surface area contributed by atoms with Crippen LogP contribution in [0.2, 0.25) is 0 Å². The molecule has 0 saturated heterocycles. The maximum atomic E-state index is 14.3. The van der Waals surface area contributed by atoms with E-state index in [4.69, 9.17) is 121 Å². The van der Waals surface area contributed by atoms with E-state index in [1.165, 1.54) is 0 Å². The van der Waals surface area contributed by atoms with Crippen LogP contribution in [0.25, 0.3) is 44.7 Å². The summed E-state index contributed by atoms with van der Waals surface area (Å²) >= 11 is 19.9. The molecule has 44 nitrogen and oxygen atoms in total. The number of halogens is 1. The van der Waals surface area contributed by atoms with Gasteiger partial charge in [0.1, 0.15) is 55.1 Å². The van der Waals surface area contributed by atoms with E-state index in [1.54, 1.807) is 129 Å². The van der Waals surface area contributed by atoms with Gasteiger partial charge >= 0.3 is 58.8 Å². The fraction of sp³-hybridized carbons (Fsp3) is 0.465. The third-order valence-corrected chi connectivity index (χ3v) is 26.8. The number of rotatable bonds is 46. The molecule has 0 bridgehead atoms. The quantitative estimate of drug-likeness (QED) is 0.00554. The number of aromatic nitrogens is 16. The van der Waals surface area contributed by atoms with Crippen LogP contribution < -0.4 is 52.1 Å². The molecule has 0 saturated carbocycles. The van der Waals surface area contributed by atoms with E-state index in [9.17, 15) is 42.5 Å². The number of carbonyl (C=O) groups is 2. The van der Waals surface area contributed by atoms with E-state index < -0.39 is 54.3 Å². The molecule has 0 aliphatic carbocycles. The molecule has 3 atom stereocenters. The second kappa shape index (κ2) is 55.9. The Balaban J connectivity index is 0.000000326. The summed E-state index contributed by atoms with van der Waals surface area (Å²) in [4.78, 5) is 101. The van der Waals surface area contributed by atoms with Crippen molar-refractivity contribution in [2.75, 3.05) is 124 Å². The van der Waals surface area contributed by atoms with E-state index in [2.05, 4.69) is 85.9 Å². The highest BCUT2D eigenvalue weighted by atomic mass is 79.9. The van der Waals surface area contributed by atoms with Crippen molar-refractivity contribution < 1.29 is 103 Å². The molecule has 0 aliphatic rings. The number of imidazole rings is 4. The molecule has 0 fully saturated rings. The zero-order chi connectivity index (χ0) is 97.8. The van der Waals surface area contributed by atoms with Crippen LogP contribution in [0.5, 0.6) is 24.0 Å². The first-order chi connectivity index (χ1) is 63.7. The molecule has 0 radical (unpaired) electrons. The predicted molar refractivity (Wildman–Crippen MR) is 542 cm³/mol. The van der Waals surface area contributed by atoms with E-state index in [-0.39, 0.29) is 140 Å². The van der Waals surface area contributed by atoms with Gasteiger partial charge < -0.3 is 114 Å². The number of nitrogen functional groups attached to an aromatic ring is 4. The van der Waals surface area contributed by atoms with Gasteiger partial charge in [0.25, 0.3) is 0 Å². The van der Waals surface area contributed by atoms with Gasteiger partial charge in [-0.15, -0.1) is 0 Å². The van der Waals surface area contributed by atoms with Crippen molar-refractivity contribution >= 4 is 163 Å². The lowest BCUT2D eigenvalue weighted by Crippen LogP contribution is -2.42. The molecule has 0 amide bonds. The Morgan fingerprint density at radius 1 is 0.413 bits per heavy atom. The standard InChI is InChI=1S/C28H42N7O7PS.C20H27BrN5O5P.C18H24N5O5PS.C16H20N5O5PS.4CH4/c1-16(2)41-25(36)18(5)33-43(38,34-19(6)26(37)42-17(3)4)15-21-10-8-9-20(13-21)14-35-24-22(30-28(35)44)23(29)31-27(32-24)40-12-11-39-7;1-4-30-32(27,31-5-2)13-15-8-6-7-14(11-15)12-26-18-16(23-19(26)21)17(22)24-20(25-18)29-10-9-28-3;1-3-28-29(24,25)11-13-6-4-5-12(9-13)10-23-16-14(20-18(23)30)15(19)21-17(22-16)27-8-7-26-2;1-25-5-6-26-15-19-13(17)12-14(20-15)21(16(28)18-12)8-10-3-2-4-11(7-10)9-27(22,23)24;;;;/h8-10,13,16-19H,11-12,14-15H2,1-7H3,(H,30,44)(H2,29,31,32)(H2,33,34,38);6-8,11H,4-5,9-10,12-13H2,1-3H3,(H2,22,24,25);4-6,9H,3,7-8,10-11H2,1-2H3,(H,20,30)(H,24,25)(H2,19,21,22);2-4,7H,5-6,8-9H2,1H3,(H,18,28)(H2,17,19,20)(H2,22,23,24);4*1H4/t18-,19-;;;;;;;/m0......./s1. The number of nitrogens with two attached hydrogens (primary N) is 4. The third-order valence-electron chi connectivity index (χ3n) is 18.6. The van der Waals surface area contributed by atoms with Crippen LogP contribution in [0.1, 0.15) is 137 Å². The Kier molecular flexibility index (Phi) is 48.0. The summed E-state index contributed by atoms with van der Waals surface area (Å²) in [7, 11) is -8.36. The average Bonchev–Trinajstić information content (AvgIpc) is 1.64. The molecule has 4 aromatic carbocycles. The minimum absolute atomic E-state index is 0. The SMILES string of the molecule is C.C.C.C.CCOP(=O)(Cc1cccc(Cn2c(Br)nc3c(N)nc(OCCOC)nc32)c1)OCC.CCOP(=O)(O)Cc1cccc(Cn2c(=S)[nH]c3c(N)nc(OCCOC)nc32)c1.COCCOc1nc(N)c2[nH]c(=S)n(Cc3cccc(CP(=O)(N[C@@H](C)C(=O)OC(C)C)N[C@@H](C)C(=O)OC(C)C)c3)c2n1.COCCOc1nc(N)c2[nH]c(=S)n(Cc3cccc(CP(=O)(O)O)c3)c2n1. The van der Waals surface area contributed by atoms with Crippen LogP contribution in [-0.4, -0.2) is 230 Å². The fourth-order valence-electron chi connectivity index (χ4n) is 13.1. The number of carbonyl (C=O) groups excluding carboxylic acids is 2. The molecular formula is C86H129BrN22O22P4S3. The number of methoxy groups -OCH3 is 4. The topological polar surface area (TPSA) is 594 Å². The molecule has 760 valence electrons. The first kappa shape index (κ1) is 118. The minimum atomic E-state index is -4.15. The Labute approximate surface area is 825 Å². The Bertz CT molecular complexity index is 6350. The number of H-pyrrole nitrogens is 3. The highest BCUT2D eigenvalue weighted by Crippen LogP contribution is 2.52. The van der Waals surface area contributed by atoms with Crippen LogP contribution in [0.4, 0.5) is 23.3 Å². The summed E-state index contributed by atoms with van der Waals surface area (Å²) < 4.78 is 128. The van der Waals surface area contributed by atoms with Gasteiger partial charge in [-0.1, -0.05) is 127 Å². The van der Waals surface area contributed by atoms with Crippen LogP contribution in [0, 0.1) is 14.3 Å². The summed E-state index contributed by atoms with van der Waals surface area (Å²) in [5, 5.41) is 5.80. The number of nitrogens with one attached hydrogen (secondary N) is 5. The lowest BCUT2D eigenvalue weighted by molar-refractivity contribution is -0.149. The maximum absolute atomic E-state index is 14.3. The monoisotopic (exact) mass is 2120 g/mol. The molecule has 52 heteroatoms. The summed E-state index contributed by atoms with van der Waals surface area (Å²) in [5.74, 6) is -0.275. The fourth-order valence-corrected chi connectivity index (χ4v) is 20.2. The molecule has 138 heavy (non-hydrogen) atoms. The summed E-state index contributed by atoms with van der Waals surface area (Å²) in [6.45, 7) is 20.3. The second-order valence-corrected chi connectivity index (χ2v) is 39.9. The minimum Gasteiger partial charge on any atom is -0.462 e. The number of anilines is 4. The number of aromatic amines is 3. The molecule has 1 unspecified atom stereocenters. The highest BCUT2D eigenvalue weighted by molar-refractivity contribution is 9.10. The number of esters is 2. The van der Waals surface area contributed by atoms with E-state index in [0.29, 0.717) is 153 Å². The summed E-state index contributed by atoms with van der Waals surface area (Å²) in [6.07, 6.45) is -0.916. The number of hydrogen-bond acceptors (Lipinski definition) is 35. The lowest BCUT2D eigenvalue weighted by Gasteiger charge is -2.27. The Morgan fingerprint density at radius 2 is 0.710 bits per heavy atom. The number of fused-ring (bicyclic) bond motifs is 4. The number of ether oxygens (including phenoxy) is 10. The van der Waals surface area contributed by atoms with Crippen molar-refractivity contribution in [2.24, 2.45) is 0 Å². The third kappa shape index (κ3) is 35.3. The lowest BCUT2D eigenvalue weighted by atomic mass is 10.1. The van der Waals surface area contributed by atoms with Crippen molar-refractivity contribution in [1.29, 1.82) is 0 Å². The molecule has 0 spiro atoms. The van der Waals surface area contributed by atoms with E-state index >= 15 is 0 Å². The van der Waals surface area contributed by atoms with Gasteiger partial charge in [-0.05, 0) is 159 Å². The number of hydrogen-bond donors (Lipinski definition) is 12. The van der Waals surface area contributed by atoms with Gasteiger partial charge in [-0.2, -0.15) is 39.9 Å².